The van der Waals surface area contributed by atoms with Gasteiger partial charge in [-0.25, -0.2) is 4.98 Å². The number of ether oxygens (including phenoxy) is 1. The summed E-state index contributed by atoms with van der Waals surface area (Å²) in [4.78, 5) is 20.5. The molecule has 0 aliphatic carbocycles. The second kappa shape index (κ2) is 8.99. The van der Waals surface area contributed by atoms with Crippen molar-refractivity contribution in [3.05, 3.63) is 89.4 Å². The summed E-state index contributed by atoms with van der Waals surface area (Å²) in [7, 11) is 0. The molecule has 1 N–H and O–H groups in total. The topological polar surface area (TPSA) is 54.5 Å². The lowest BCUT2D eigenvalue weighted by Gasteiger charge is -2.30. The Hall–Kier alpha value is -3.41. The Morgan fingerprint density at radius 3 is 2.50 bits per heavy atom. The van der Waals surface area contributed by atoms with Gasteiger partial charge < -0.3 is 15.0 Å². The molecular weight excluding hydrogens is 422 g/mol. The van der Waals surface area contributed by atoms with Gasteiger partial charge in [0.15, 0.2) is 0 Å². The van der Waals surface area contributed by atoms with Crippen LogP contribution in [-0.4, -0.2) is 37.2 Å². The van der Waals surface area contributed by atoms with Gasteiger partial charge in [-0.2, -0.15) is 0 Å². The van der Waals surface area contributed by atoms with E-state index < -0.39 is 0 Å². The number of carbonyl (C=O) groups excluding carboxylic acids is 1. The van der Waals surface area contributed by atoms with E-state index in [0.717, 1.165) is 40.9 Å². The number of rotatable bonds is 4. The summed E-state index contributed by atoms with van der Waals surface area (Å²) in [6, 6.07) is 24.9. The van der Waals surface area contributed by atoms with Crippen LogP contribution in [0.2, 0.25) is 5.02 Å². The van der Waals surface area contributed by atoms with E-state index in [4.69, 9.17) is 21.3 Å². The number of nitrogens with one attached hydrogen (secondary N) is 1. The molecule has 0 radical (unpaired) electrons. The fraction of sp³-hybridized carbons (Fsp3) is 0.154. The Kier molecular flexibility index (Phi) is 5.75. The summed E-state index contributed by atoms with van der Waals surface area (Å²) in [6.07, 6.45) is 0. The van der Waals surface area contributed by atoms with Gasteiger partial charge in [-0.15, -0.1) is 0 Å². The molecule has 0 bridgehead atoms. The van der Waals surface area contributed by atoms with E-state index in [2.05, 4.69) is 10.2 Å². The highest BCUT2D eigenvalue weighted by atomic mass is 35.5. The standard InChI is InChI=1S/C26H22ClN3O2/c27-21-9-3-1-8-19(21)24-17-20(18-7-2-4-10-22(18)28-24)26(31)29-23-11-5-6-12-25(23)30-13-15-32-16-14-30/h1-12,17H,13-16H2,(H,29,31). The molecule has 1 fully saturated rings. The SMILES string of the molecule is O=C(Nc1ccccc1N1CCOCC1)c1cc(-c2ccccc2Cl)nc2ccccc12. The minimum atomic E-state index is -0.183. The van der Waals surface area contributed by atoms with Gasteiger partial charge >= 0.3 is 0 Å². The van der Waals surface area contributed by atoms with Crippen molar-refractivity contribution in [3.8, 4) is 11.3 Å². The minimum absolute atomic E-state index is 0.183. The van der Waals surface area contributed by atoms with Crippen molar-refractivity contribution in [2.45, 2.75) is 0 Å². The van der Waals surface area contributed by atoms with Gasteiger partial charge in [0, 0.05) is 29.1 Å². The summed E-state index contributed by atoms with van der Waals surface area (Å²) < 4.78 is 5.48. The first-order valence-electron chi connectivity index (χ1n) is 10.6. The average molecular weight is 444 g/mol. The molecule has 1 amide bonds. The number of halogens is 1. The van der Waals surface area contributed by atoms with Gasteiger partial charge in [0.25, 0.3) is 5.91 Å². The van der Waals surface area contributed by atoms with Crippen LogP contribution in [0, 0.1) is 0 Å². The van der Waals surface area contributed by atoms with E-state index in [9.17, 15) is 4.79 Å². The third kappa shape index (κ3) is 4.05. The lowest BCUT2D eigenvalue weighted by Crippen LogP contribution is -2.36. The number of benzene rings is 3. The summed E-state index contributed by atoms with van der Waals surface area (Å²) in [5.41, 5.74) is 4.54. The molecule has 1 saturated heterocycles. The van der Waals surface area contributed by atoms with Crippen LogP contribution in [0.1, 0.15) is 10.4 Å². The number of pyridine rings is 1. The average Bonchev–Trinajstić information content (AvgIpc) is 2.84. The van der Waals surface area contributed by atoms with Crippen LogP contribution >= 0.6 is 11.6 Å². The molecule has 5 rings (SSSR count). The second-order valence-corrected chi connectivity index (χ2v) is 8.03. The molecular formula is C26H22ClN3O2. The molecule has 3 aromatic carbocycles. The van der Waals surface area contributed by atoms with E-state index in [-0.39, 0.29) is 5.91 Å². The Bertz CT molecular complexity index is 1290. The normalized spacial score (nSPS) is 13.8. The third-order valence-corrected chi connectivity index (χ3v) is 5.94. The number of fused-ring (bicyclic) bond motifs is 1. The predicted molar refractivity (Wildman–Crippen MR) is 130 cm³/mol. The molecule has 0 unspecified atom stereocenters. The van der Waals surface area contributed by atoms with Crippen molar-refractivity contribution >= 4 is 39.8 Å². The largest absolute Gasteiger partial charge is 0.378 e. The van der Waals surface area contributed by atoms with Crippen molar-refractivity contribution in [1.82, 2.24) is 4.98 Å². The van der Waals surface area contributed by atoms with E-state index in [1.807, 2.05) is 78.9 Å². The monoisotopic (exact) mass is 443 g/mol. The fourth-order valence-electron chi connectivity index (χ4n) is 4.02. The highest BCUT2D eigenvalue weighted by Crippen LogP contribution is 2.31. The highest BCUT2D eigenvalue weighted by Gasteiger charge is 2.19. The van der Waals surface area contributed by atoms with Crippen LogP contribution in [0.15, 0.2) is 78.9 Å². The first-order chi connectivity index (χ1) is 15.7. The smallest absolute Gasteiger partial charge is 0.256 e. The maximum absolute atomic E-state index is 13.5. The van der Waals surface area contributed by atoms with Crippen LogP contribution < -0.4 is 10.2 Å². The Morgan fingerprint density at radius 2 is 1.66 bits per heavy atom. The number of hydrogen-bond acceptors (Lipinski definition) is 4. The van der Waals surface area contributed by atoms with Gasteiger partial charge in [0.2, 0.25) is 0 Å². The number of amides is 1. The van der Waals surface area contributed by atoms with Gasteiger partial charge in [-0.05, 0) is 30.3 Å². The molecule has 1 aromatic heterocycles. The summed E-state index contributed by atoms with van der Waals surface area (Å²) in [6.45, 7) is 2.94. The first kappa shape index (κ1) is 20.5. The number of anilines is 2. The molecule has 5 nitrogen and oxygen atoms in total. The van der Waals surface area contributed by atoms with Crippen LogP contribution in [0.4, 0.5) is 11.4 Å². The van der Waals surface area contributed by atoms with Gasteiger partial charge in [0.05, 0.1) is 41.4 Å². The van der Waals surface area contributed by atoms with E-state index >= 15 is 0 Å². The zero-order valence-corrected chi connectivity index (χ0v) is 18.2. The van der Waals surface area contributed by atoms with Gasteiger partial charge in [-0.1, -0.05) is 60.1 Å². The van der Waals surface area contributed by atoms with Crippen molar-refractivity contribution in [2.24, 2.45) is 0 Å². The number of carbonyl (C=O) groups is 1. The number of nitrogens with zero attached hydrogens (tertiary/aromatic N) is 2. The molecule has 2 heterocycles. The summed E-state index contributed by atoms with van der Waals surface area (Å²) in [5.74, 6) is -0.183. The molecule has 6 heteroatoms. The van der Waals surface area contributed by atoms with Crippen LogP contribution in [0.3, 0.4) is 0 Å². The third-order valence-electron chi connectivity index (χ3n) is 5.61. The number of aromatic nitrogens is 1. The molecule has 0 atom stereocenters. The fourth-order valence-corrected chi connectivity index (χ4v) is 4.25. The van der Waals surface area contributed by atoms with Crippen LogP contribution in [0.25, 0.3) is 22.2 Å². The number of morpholine rings is 1. The first-order valence-corrected chi connectivity index (χ1v) is 11.0. The molecule has 32 heavy (non-hydrogen) atoms. The second-order valence-electron chi connectivity index (χ2n) is 7.62. The molecule has 1 aliphatic heterocycles. The van der Waals surface area contributed by atoms with Gasteiger partial charge in [0.1, 0.15) is 0 Å². The predicted octanol–water partition coefficient (Wildman–Crippen LogP) is 5.64. The van der Waals surface area contributed by atoms with Crippen LogP contribution in [-0.2, 0) is 4.74 Å². The van der Waals surface area contributed by atoms with E-state index in [1.165, 1.54) is 0 Å². The van der Waals surface area contributed by atoms with Gasteiger partial charge in [-0.3, -0.25) is 4.79 Å². The Balaban J connectivity index is 1.55. The van der Waals surface area contributed by atoms with Crippen molar-refractivity contribution in [3.63, 3.8) is 0 Å². The lowest BCUT2D eigenvalue weighted by atomic mass is 10.0. The Labute approximate surface area is 191 Å². The highest BCUT2D eigenvalue weighted by molar-refractivity contribution is 6.33. The quantitative estimate of drug-likeness (QED) is 0.443. The maximum atomic E-state index is 13.5. The zero-order chi connectivity index (χ0) is 21.9. The molecule has 0 spiro atoms. The number of hydrogen-bond donors (Lipinski definition) is 1. The molecule has 0 saturated carbocycles. The van der Waals surface area contributed by atoms with Crippen molar-refractivity contribution in [1.29, 1.82) is 0 Å². The number of para-hydroxylation sites is 3. The summed E-state index contributed by atoms with van der Waals surface area (Å²) >= 11 is 6.42. The summed E-state index contributed by atoms with van der Waals surface area (Å²) in [5, 5.41) is 4.52. The Morgan fingerprint density at radius 1 is 0.938 bits per heavy atom. The zero-order valence-electron chi connectivity index (χ0n) is 17.4. The van der Waals surface area contributed by atoms with E-state index in [1.54, 1.807) is 0 Å². The van der Waals surface area contributed by atoms with Crippen molar-refractivity contribution in [2.75, 3.05) is 36.5 Å². The maximum Gasteiger partial charge on any atom is 0.256 e. The molecule has 1 aliphatic rings. The minimum Gasteiger partial charge on any atom is -0.378 e. The lowest BCUT2D eigenvalue weighted by molar-refractivity contribution is 0.102. The molecule has 160 valence electrons. The van der Waals surface area contributed by atoms with Crippen molar-refractivity contribution < 1.29 is 9.53 Å². The molecule has 4 aromatic rings. The van der Waals surface area contributed by atoms with Crippen LogP contribution in [0.5, 0.6) is 0 Å². The van der Waals surface area contributed by atoms with E-state index in [0.29, 0.717) is 29.5 Å².